The lowest BCUT2D eigenvalue weighted by Gasteiger charge is -2.55. The van der Waals surface area contributed by atoms with Gasteiger partial charge in [-0.1, -0.05) is 0 Å². The van der Waals surface area contributed by atoms with Gasteiger partial charge < -0.3 is 34.1 Å². The third kappa shape index (κ3) is 6.73. The van der Waals surface area contributed by atoms with E-state index >= 15 is 0 Å². The molecule has 3 fully saturated rings. The fraction of sp³-hybridized carbons (Fsp3) is 0.556. The molecule has 0 saturated carbocycles. The fourth-order valence-corrected chi connectivity index (χ4v) is 5.31. The van der Waals surface area contributed by atoms with Crippen LogP contribution in [-0.4, -0.2) is 108 Å². The van der Waals surface area contributed by atoms with Gasteiger partial charge >= 0.3 is 18.1 Å². The van der Waals surface area contributed by atoms with Crippen LogP contribution in [0.15, 0.2) is 28.1 Å². The Morgan fingerprint density at radius 1 is 1.24 bits per heavy atom. The van der Waals surface area contributed by atoms with Crippen molar-refractivity contribution in [1.29, 1.82) is 0 Å². The smallest absolute Gasteiger partial charge is 0.444 e. The Bertz CT molecular complexity index is 1380. The monoisotopic (exact) mass is 610 g/mol. The number of benzene rings is 1. The summed E-state index contributed by atoms with van der Waals surface area (Å²) in [6, 6.07) is 2.93. The number of carbonyl (C=O) groups excluding carboxylic acids is 2. The first-order valence-corrected chi connectivity index (χ1v) is 14.3. The van der Waals surface area contributed by atoms with Gasteiger partial charge in [-0.15, -0.1) is 11.3 Å². The highest BCUT2D eigenvalue weighted by Gasteiger charge is 2.50. The first-order chi connectivity index (χ1) is 19.8. The van der Waals surface area contributed by atoms with Crippen LogP contribution in [0.2, 0.25) is 0 Å². The minimum Gasteiger partial charge on any atom is -0.444 e. The maximum absolute atomic E-state index is 14.6. The van der Waals surface area contributed by atoms with Crippen LogP contribution in [0.3, 0.4) is 0 Å². The summed E-state index contributed by atoms with van der Waals surface area (Å²) in [5.41, 5.74) is 0.242. The van der Waals surface area contributed by atoms with Gasteiger partial charge in [-0.05, 0) is 46.4 Å². The molecule has 0 spiro atoms. The van der Waals surface area contributed by atoms with E-state index in [1.54, 1.807) is 29.6 Å². The molecular weight excluding hydrogens is 574 g/mol. The number of hydrogen-bond donors (Lipinski definition) is 2. The van der Waals surface area contributed by atoms with Crippen LogP contribution in [0.1, 0.15) is 27.2 Å². The van der Waals surface area contributed by atoms with E-state index in [1.165, 1.54) is 31.5 Å². The van der Waals surface area contributed by atoms with Crippen LogP contribution in [0.5, 0.6) is 5.75 Å². The van der Waals surface area contributed by atoms with Crippen LogP contribution in [0.4, 0.5) is 19.6 Å². The summed E-state index contributed by atoms with van der Waals surface area (Å²) >= 11 is 1.36. The first-order valence-electron chi connectivity index (χ1n) is 13.4. The molecule has 0 aliphatic carbocycles. The number of amides is 2. The van der Waals surface area contributed by atoms with Gasteiger partial charge in [0.2, 0.25) is 0 Å². The second-order valence-electron chi connectivity index (χ2n) is 11.1. The predicted molar refractivity (Wildman–Crippen MR) is 153 cm³/mol. The number of aliphatic hydroxyl groups is 1. The highest BCUT2D eigenvalue weighted by molar-refractivity contribution is 7.13. The van der Waals surface area contributed by atoms with Gasteiger partial charge in [-0.3, -0.25) is 9.69 Å². The number of likely N-dealkylation sites (N-methyl/N-ethyl adjacent to an activating group) is 2. The molecule has 3 aromatic rings. The zero-order valence-electron chi connectivity index (χ0n) is 24.4. The Hall–Kier alpha value is -3.56. The number of anilines is 1. The van der Waals surface area contributed by atoms with E-state index in [2.05, 4.69) is 15.3 Å². The molecule has 2 aromatic heterocycles. The summed E-state index contributed by atoms with van der Waals surface area (Å²) < 4.78 is 45.6. The number of thiazole rings is 1. The third-order valence-corrected chi connectivity index (χ3v) is 7.29. The molecule has 3 aliphatic rings. The number of piperidine rings is 1. The van der Waals surface area contributed by atoms with Crippen LogP contribution < -0.4 is 15.0 Å². The molecule has 2 atom stereocenters. The Kier molecular flexibility index (Phi) is 9.23. The maximum Gasteiger partial charge on any atom is 0.482 e. The quantitative estimate of drug-likeness (QED) is 0.410. The number of piperazine rings is 1. The molecule has 5 heterocycles. The van der Waals surface area contributed by atoms with Gasteiger partial charge in [0.15, 0.2) is 16.8 Å². The third-order valence-electron chi connectivity index (χ3n) is 6.48. The summed E-state index contributed by atoms with van der Waals surface area (Å²) in [7, 11) is 4.24. The lowest BCUT2D eigenvalue weighted by molar-refractivity contribution is -0.200. The molecule has 1 aromatic carbocycles. The molecule has 3 saturated heterocycles. The zero-order chi connectivity index (χ0) is 30.8. The van der Waals surface area contributed by atoms with Crippen LogP contribution in [-0.2, 0) is 9.53 Å². The van der Waals surface area contributed by atoms with Crippen LogP contribution in [0.25, 0.3) is 21.7 Å². The van der Waals surface area contributed by atoms with Gasteiger partial charge in [0, 0.05) is 45.3 Å². The molecule has 6 rings (SSSR count). The number of nitrogens with one attached hydrogen (secondary N) is 1. The molecule has 3 aliphatic heterocycles. The molecule has 230 valence electrons. The minimum absolute atomic E-state index is 0.0529. The van der Waals surface area contributed by atoms with Gasteiger partial charge in [-0.2, -0.15) is 13.8 Å². The standard InChI is InChI=1S/C24H27F2N5O5S.C3H9NO/c1-23(2,3)36-22(33)31-13-10-14(31)12-30(11-13)21-28-17-16(35-24(25,26)20(32)29(4)5)7-6-15(18(17)34-21)19-27-8-9-37-19;1-4-2-3-5/h6-9,13-14H,10-12H2,1-5H3;4-5H,2-3H2,1H3. The second-order valence-corrected chi connectivity index (χ2v) is 12.0. The average Bonchev–Trinajstić information content (AvgIpc) is 3.59. The molecule has 2 bridgehead atoms. The van der Waals surface area contributed by atoms with Crippen molar-refractivity contribution >= 4 is 40.5 Å². The van der Waals surface area contributed by atoms with E-state index < -0.39 is 17.6 Å². The molecule has 2 N–H and O–H groups in total. The van der Waals surface area contributed by atoms with Crippen molar-refractivity contribution in [2.24, 2.45) is 0 Å². The van der Waals surface area contributed by atoms with Crippen molar-refractivity contribution in [1.82, 2.24) is 25.1 Å². The first kappa shape index (κ1) is 31.4. The second kappa shape index (κ2) is 12.4. The Morgan fingerprint density at radius 3 is 2.45 bits per heavy atom. The number of rotatable bonds is 7. The summed E-state index contributed by atoms with van der Waals surface area (Å²) in [5.74, 6) is -1.78. The molecule has 0 radical (unpaired) electrons. The van der Waals surface area contributed by atoms with Gasteiger partial charge in [0.05, 0.1) is 24.3 Å². The SMILES string of the molecule is CN(C)C(=O)C(F)(F)Oc1ccc(-c2nccs2)c2oc(N3CC4CC(C3)N4C(=O)OC(C)(C)C)nc12.CNCCO. The average molecular weight is 611 g/mol. The summed E-state index contributed by atoms with van der Waals surface area (Å²) in [6.45, 7) is 7.28. The van der Waals surface area contributed by atoms with Crippen LogP contribution >= 0.6 is 11.3 Å². The summed E-state index contributed by atoms with van der Waals surface area (Å²) in [5, 5.41) is 13.2. The number of aromatic nitrogens is 2. The zero-order valence-corrected chi connectivity index (χ0v) is 25.2. The van der Waals surface area contributed by atoms with Crippen molar-refractivity contribution in [3.05, 3.63) is 23.7 Å². The van der Waals surface area contributed by atoms with Gasteiger partial charge in [0.1, 0.15) is 10.6 Å². The largest absolute Gasteiger partial charge is 0.482 e. The Labute approximate surface area is 246 Å². The number of hydrogen-bond acceptors (Lipinski definition) is 11. The van der Waals surface area contributed by atoms with Crippen molar-refractivity contribution in [2.75, 3.05) is 52.3 Å². The lowest BCUT2D eigenvalue weighted by Crippen LogP contribution is -2.70. The minimum atomic E-state index is -4.10. The molecular formula is C27H36F2N6O6S. The highest BCUT2D eigenvalue weighted by atomic mass is 32.1. The highest BCUT2D eigenvalue weighted by Crippen LogP contribution is 2.41. The number of ether oxygens (including phenoxy) is 2. The molecule has 12 nitrogen and oxygen atoms in total. The number of nitrogens with zero attached hydrogens (tertiary/aromatic N) is 5. The van der Waals surface area contributed by atoms with E-state index in [-0.39, 0.29) is 47.6 Å². The van der Waals surface area contributed by atoms with E-state index in [4.69, 9.17) is 19.0 Å². The molecule has 2 unspecified atom stereocenters. The molecule has 15 heteroatoms. The predicted octanol–water partition coefficient (Wildman–Crippen LogP) is 3.41. The number of halogens is 2. The number of alkyl halides is 2. The molecule has 42 heavy (non-hydrogen) atoms. The number of carbonyl (C=O) groups is 2. The lowest BCUT2D eigenvalue weighted by atomic mass is 9.88. The van der Waals surface area contributed by atoms with Crippen molar-refractivity contribution in [3.8, 4) is 16.3 Å². The Balaban J connectivity index is 0.000000748. The molecule has 2 amide bonds. The topological polar surface area (TPSA) is 134 Å². The normalized spacial score (nSPS) is 18.2. The van der Waals surface area contributed by atoms with E-state index in [1.807, 2.05) is 25.7 Å². The summed E-state index contributed by atoms with van der Waals surface area (Å²) in [6.07, 6.45) is -2.01. The number of fused-ring (bicyclic) bond motifs is 3. The van der Waals surface area contributed by atoms with Crippen molar-refractivity contribution in [3.63, 3.8) is 0 Å². The van der Waals surface area contributed by atoms with Gasteiger partial charge in [0.25, 0.3) is 6.01 Å². The number of aliphatic hydroxyl groups excluding tert-OH is 1. The van der Waals surface area contributed by atoms with E-state index in [0.29, 0.717) is 30.2 Å². The van der Waals surface area contributed by atoms with E-state index in [0.717, 1.165) is 11.3 Å². The fourth-order valence-electron chi connectivity index (χ4n) is 4.65. The van der Waals surface area contributed by atoms with Gasteiger partial charge in [-0.25, -0.2) is 9.78 Å². The van der Waals surface area contributed by atoms with E-state index in [9.17, 15) is 18.4 Å². The van der Waals surface area contributed by atoms with Crippen LogP contribution in [0, 0.1) is 0 Å². The Morgan fingerprint density at radius 2 is 1.93 bits per heavy atom. The van der Waals surface area contributed by atoms with Crippen molar-refractivity contribution < 1.29 is 37.4 Å². The maximum atomic E-state index is 14.6. The summed E-state index contributed by atoms with van der Waals surface area (Å²) in [4.78, 5) is 37.7. The number of oxazole rings is 1. The van der Waals surface area contributed by atoms with Crippen molar-refractivity contribution in [2.45, 2.75) is 51.0 Å².